The molecule has 1 aliphatic rings. The van der Waals surface area contributed by atoms with Gasteiger partial charge in [-0.1, -0.05) is 30.3 Å². The highest BCUT2D eigenvalue weighted by Crippen LogP contribution is 2.32. The minimum Gasteiger partial charge on any atom is -0.486 e. The second-order valence-electron chi connectivity index (χ2n) is 4.22. The molecule has 0 unspecified atom stereocenters. The summed E-state index contributed by atoms with van der Waals surface area (Å²) in [6.45, 7) is 0.165. The van der Waals surface area contributed by atoms with Gasteiger partial charge in [-0.3, -0.25) is 10.1 Å². The number of nitrogens with zero attached hydrogens (tertiary/aromatic N) is 1. The quantitative estimate of drug-likeness (QED) is 0.557. The fourth-order valence-corrected chi connectivity index (χ4v) is 2.28. The third kappa shape index (κ3) is 1.62. The van der Waals surface area contributed by atoms with Crippen molar-refractivity contribution in [1.82, 2.24) is 0 Å². The molecule has 0 spiro atoms. The van der Waals surface area contributed by atoms with Gasteiger partial charge in [0.2, 0.25) is 0 Å². The average molecular weight is 229 g/mol. The van der Waals surface area contributed by atoms with Crippen LogP contribution in [0.5, 0.6) is 5.75 Å². The van der Waals surface area contributed by atoms with E-state index < -0.39 is 6.04 Å². The summed E-state index contributed by atoms with van der Waals surface area (Å²) in [6.07, 6.45) is 0.448. The lowest BCUT2D eigenvalue weighted by molar-refractivity contribution is -0.525. The Morgan fingerprint density at radius 3 is 2.88 bits per heavy atom. The maximum absolute atomic E-state index is 10.8. The van der Waals surface area contributed by atoms with Gasteiger partial charge >= 0.3 is 0 Å². The van der Waals surface area contributed by atoms with Crippen LogP contribution < -0.4 is 4.74 Å². The van der Waals surface area contributed by atoms with Gasteiger partial charge in [-0.05, 0) is 16.8 Å². The van der Waals surface area contributed by atoms with Gasteiger partial charge in [-0.15, -0.1) is 0 Å². The Kier molecular flexibility index (Phi) is 2.21. The number of hydrogen-bond donors (Lipinski definition) is 0. The summed E-state index contributed by atoms with van der Waals surface area (Å²) in [5.41, 5.74) is 0.955. The third-order valence-electron chi connectivity index (χ3n) is 3.17. The zero-order valence-electron chi connectivity index (χ0n) is 9.13. The number of fused-ring (bicyclic) bond motifs is 3. The van der Waals surface area contributed by atoms with Crippen LogP contribution in [0, 0.1) is 10.1 Å². The van der Waals surface area contributed by atoms with Crippen molar-refractivity contribution in [3.8, 4) is 5.75 Å². The second kappa shape index (κ2) is 3.73. The first-order chi connectivity index (χ1) is 8.25. The van der Waals surface area contributed by atoms with Crippen molar-refractivity contribution >= 4 is 10.8 Å². The first-order valence-corrected chi connectivity index (χ1v) is 5.52. The highest BCUT2D eigenvalue weighted by Gasteiger charge is 2.29. The number of ether oxygens (including phenoxy) is 1. The molecular weight excluding hydrogens is 218 g/mol. The van der Waals surface area contributed by atoms with Crippen LogP contribution >= 0.6 is 0 Å². The fraction of sp³-hybridized carbons (Fsp3) is 0.231. The Morgan fingerprint density at radius 1 is 1.24 bits per heavy atom. The topological polar surface area (TPSA) is 52.4 Å². The largest absolute Gasteiger partial charge is 0.486 e. The lowest BCUT2D eigenvalue weighted by atomic mass is 9.96. The number of benzene rings is 2. The number of rotatable bonds is 1. The van der Waals surface area contributed by atoms with E-state index >= 15 is 0 Å². The van der Waals surface area contributed by atoms with E-state index in [0.29, 0.717) is 6.42 Å². The zero-order valence-corrected chi connectivity index (χ0v) is 9.13. The normalized spacial score (nSPS) is 18.5. The Labute approximate surface area is 98.0 Å². The number of hydrogen-bond acceptors (Lipinski definition) is 3. The molecule has 0 aromatic heterocycles. The molecule has 0 aliphatic carbocycles. The SMILES string of the molecule is O=[N+]([O-])[C@H]1COc2ccc3ccccc3c2C1. The van der Waals surface area contributed by atoms with Gasteiger partial charge in [-0.25, -0.2) is 0 Å². The Balaban J connectivity index is 2.15. The van der Waals surface area contributed by atoms with E-state index in [1.54, 1.807) is 0 Å². The van der Waals surface area contributed by atoms with Crippen LogP contribution in [0.15, 0.2) is 36.4 Å². The summed E-state index contributed by atoms with van der Waals surface area (Å²) in [4.78, 5) is 10.6. The van der Waals surface area contributed by atoms with Gasteiger partial charge in [0.1, 0.15) is 5.75 Å². The summed E-state index contributed by atoms with van der Waals surface area (Å²) >= 11 is 0. The van der Waals surface area contributed by atoms with E-state index in [0.717, 1.165) is 22.1 Å². The molecule has 1 atom stereocenters. The van der Waals surface area contributed by atoms with Crippen molar-refractivity contribution in [3.63, 3.8) is 0 Å². The molecule has 0 amide bonds. The predicted molar refractivity (Wildman–Crippen MR) is 63.9 cm³/mol. The van der Waals surface area contributed by atoms with Crippen LogP contribution in [0.1, 0.15) is 5.56 Å². The van der Waals surface area contributed by atoms with E-state index in [1.165, 1.54) is 0 Å². The van der Waals surface area contributed by atoms with Crippen molar-refractivity contribution < 1.29 is 9.66 Å². The summed E-state index contributed by atoms with van der Waals surface area (Å²) in [7, 11) is 0. The highest BCUT2D eigenvalue weighted by atomic mass is 16.6. The van der Waals surface area contributed by atoms with Crippen LogP contribution in [0.4, 0.5) is 0 Å². The van der Waals surface area contributed by atoms with Gasteiger partial charge in [0.25, 0.3) is 6.04 Å². The van der Waals surface area contributed by atoms with Crippen molar-refractivity contribution in [3.05, 3.63) is 52.1 Å². The van der Waals surface area contributed by atoms with Gasteiger partial charge in [0.05, 0.1) is 0 Å². The molecule has 86 valence electrons. The Bertz CT molecular complexity index is 594. The molecule has 2 aromatic carbocycles. The van der Waals surface area contributed by atoms with Crippen molar-refractivity contribution in [2.45, 2.75) is 12.5 Å². The minimum atomic E-state index is -0.631. The summed E-state index contributed by atoms with van der Waals surface area (Å²) in [6, 6.07) is 11.1. The van der Waals surface area contributed by atoms with E-state index in [-0.39, 0.29) is 11.5 Å². The molecule has 0 fully saturated rings. The lowest BCUT2D eigenvalue weighted by Crippen LogP contribution is -2.33. The predicted octanol–water partition coefficient (Wildman–Crippen LogP) is 2.42. The van der Waals surface area contributed by atoms with Crippen molar-refractivity contribution in [2.75, 3.05) is 6.61 Å². The molecule has 1 aliphatic heterocycles. The Hall–Kier alpha value is -2.10. The molecule has 0 radical (unpaired) electrons. The molecule has 0 bridgehead atoms. The molecule has 0 N–H and O–H groups in total. The molecule has 4 nitrogen and oxygen atoms in total. The first kappa shape index (κ1) is 10.1. The maximum Gasteiger partial charge on any atom is 0.250 e. The minimum absolute atomic E-state index is 0.165. The molecule has 0 saturated carbocycles. The van der Waals surface area contributed by atoms with E-state index in [1.807, 2.05) is 36.4 Å². The summed E-state index contributed by atoms with van der Waals surface area (Å²) < 4.78 is 5.46. The summed E-state index contributed by atoms with van der Waals surface area (Å²) in [5, 5.41) is 13.0. The van der Waals surface area contributed by atoms with Crippen molar-refractivity contribution in [2.24, 2.45) is 0 Å². The molecule has 17 heavy (non-hydrogen) atoms. The van der Waals surface area contributed by atoms with Gasteiger partial charge in [0.15, 0.2) is 6.61 Å². The Morgan fingerprint density at radius 2 is 2.06 bits per heavy atom. The zero-order chi connectivity index (χ0) is 11.8. The lowest BCUT2D eigenvalue weighted by Gasteiger charge is -2.21. The third-order valence-corrected chi connectivity index (χ3v) is 3.17. The molecule has 1 heterocycles. The van der Waals surface area contributed by atoms with E-state index in [2.05, 4.69) is 0 Å². The second-order valence-corrected chi connectivity index (χ2v) is 4.22. The maximum atomic E-state index is 10.8. The van der Waals surface area contributed by atoms with E-state index in [9.17, 15) is 10.1 Å². The highest BCUT2D eigenvalue weighted by molar-refractivity contribution is 5.88. The molecule has 4 heteroatoms. The van der Waals surface area contributed by atoms with Crippen molar-refractivity contribution in [1.29, 1.82) is 0 Å². The van der Waals surface area contributed by atoms with Crippen LogP contribution in [0.3, 0.4) is 0 Å². The van der Waals surface area contributed by atoms with Crippen LogP contribution in [-0.2, 0) is 6.42 Å². The standard InChI is InChI=1S/C13H11NO3/c15-14(16)10-7-12-11-4-2-1-3-9(11)5-6-13(12)17-8-10/h1-6,10H,7-8H2/t10-/m1/s1. The van der Waals surface area contributed by atoms with Gasteiger partial charge in [0, 0.05) is 16.9 Å². The van der Waals surface area contributed by atoms with Crippen LogP contribution in [0.2, 0.25) is 0 Å². The van der Waals surface area contributed by atoms with Gasteiger partial charge in [-0.2, -0.15) is 0 Å². The molecular formula is C13H11NO3. The fourth-order valence-electron chi connectivity index (χ4n) is 2.28. The smallest absolute Gasteiger partial charge is 0.250 e. The summed E-state index contributed by atoms with van der Waals surface area (Å²) in [5.74, 6) is 0.779. The average Bonchev–Trinajstić information content (AvgIpc) is 2.38. The van der Waals surface area contributed by atoms with Gasteiger partial charge < -0.3 is 4.74 Å². The molecule has 2 aromatic rings. The monoisotopic (exact) mass is 229 g/mol. The van der Waals surface area contributed by atoms with E-state index in [4.69, 9.17) is 4.74 Å². The molecule has 0 saturated heterocycles. The molecule has 3 rings (SSSR count). The first-order valence-electron chi connectivity index (χ1n) is 5.52. The van der Waals surface area contributed by atoms with Crippen LogP contribution in [0.25, 0.3) is 10.8 Å². The number of nitro groups is 1. The van der Waals surface area contributed by atoms with Crippen LogP contribution in [-0.4, -0.2) is 17.6 Å².